The number of thiocarbonyl (C=S) groups is 1. The first-order valence-electron chi connectivity index (χ1n) is 5.85. The topological polar surface area (TPSA) is 35.8 Å². The summed E-state index contributed by atoms with van der Waals surface area (Å²) in [7, 11) is 1.66. The molecule has 4 nitrogen and oxygen atoms in total. The van der Waals surface area contributed by atoms with E-state index in [1.165, 1.54) is 0 Å². The lowest BCUT2D eigenvalue weighted by Crippen LogP contribution is -2.08. The Hall–Kier alpha value is -1.46. The monoisotopic (exact) mass is 264 g/mol. The van der Waals surface area contributed by atoms with Gasteiger partial charge in [-0.1, -0.05) is 6.07 Å². The molecule has 0 saturated heterocycles. The summed E-state index contributed by atoms with van der Waals surface area (Å²) in [5, 5.41) is 0.604. The van der Waals surface area contributed by atoms with E-state index in [1.807, 2.05) is 35.7 Å². The van der Waals surface area contributed by atoms with E-state index in [9.17, 15) is 0 Å². The third kappa shape index (κ3) is 2.86. The molecule has 2 aromatic rings. The molecule has 0 aliphatic rings. The van der Waals surface area contributed by atoms with Gasteiger partial charge < -0.3 is 13.9 Å². The van der Waals surface area contributed by atoms with E-state index in [0.717, 1.165) is 17.0 Å². The highest BCUT2D eigenvalue weighted by atomic mass is 32.1. The van der Waals surface area contributed by atoms with Crippen molar-refractivity contribution in [2.45, 2.75) is 20.0 Å². The van der Waals surface area contributed by atoms with Crippen molar-refractivity contribution >= 4 is 22.9 Å². The van der Waals surface area contributed by atoms with Crippen molar-refractivity contribution in [2.24, 2.45) is 0 Å². The van der Waals surface area contributed by atoms with Gasteiger partial charge in [-0.05, 0) is 31.3 Å². The summed E-state index contributed by atoms with van der Waals surface area (Å²) in [4.78, 5) is 4.47. The highest BCUT2D eigenvalue weighted by molar-refractivity contribution is 7.80. The molecule has 0 aromatic carbocycles. The molecule has 2 aromatic heterocycles. The zero-order valence-electron chi connectivity index (χ0n) is 10.5. The second kappa shape index (κ2) is 5.93. The molecule has 0 radical (unpaired) electrons. The van der Waals surface area contributed by atoms with E-state index < -0.39 is 0 Å². The number of aromatic nitrogens is 2. The van der Waals surface area contributed by atoms with Crippen LogP contribution in [0.3, 0.4) is 0 Å². The second-order valence-corrected chi connectivity index (χ2v) is 4.35. The maximum Gasteiger partial charge on any atom is 0.165 e. The molecule has 0 saturated carbocycles. The average molecular weight is 264 g/mol. The quantitative estimate of drug-likeness (QED) is 0.777. The van der Waals surface area contributed by atoms with E-state index in [0.29, 0.717) is 24.7 Å². The lowest BCUT2D eigenvalue weighted by atomic mass is 10.3. The number of methoxy groups -OCH3 is 1. The van der Waals surface area contributed by atoms with Crippen molar-refractivity contribution in [1.82, 2.24) is 9.38 Å². The molecule has 5 heteroatoms. The Morgan fingerprint density at radius 3 is 3.00 bits per heavy atom. The molecule has 0 aliphatic heterocycles. The van der Waals surface area contributed by atoms with Crippen LogP contribution in [0.15, 0.2) is 24.4 Å². The third-order valence-electron chi connectivity index (χ3n) is 2.55. The Kier molecular flexibility index (Phi) is 4.28. The Morgan fingerprint density at radius 2 is 2.28 bits per heavy atom. The maximum absolute atomic E-state index is 5.32. The smallest absolute Gasteiger partial charge is 0.165 e. The number of pyridine rings is 1. The number of imidazole rings is 1. The zero-order valence-corrected chi connectivity index (χ0v) is 11.4. The fraction of sp³-hybridized carbons (Fsp3) is 0.385. The number of hydrogen-bond acceptors (Lipinski definition) is 4. The van der Waals surface area contributed by atoms with Gasteiger partial charge in [-0.3, -0.25) is 0 Å². The molecule has 2 heterocycles. The van der Waals surface area contributed by atoms with Crippen molar-refractivity contribution in [3.8, 4) is 0 Å². The van der Waals surface area contributed by atoms with Crippen molar-refractivity contribution in [3.05, 3.63) is 35.8 Å². The van der Waals surface area contributed by atoms with Crippen LogP contribution in [0.4, 0.5) is 0 Å². The van der Waals surface area contributed by atoms with Gasteiger partial charge in [0.25, 0.3) is 0 Å². The molecule has 0 amide bonds. The first kappa shape index (κ1) is 13.0. The van der Waals surface area contributed by atoms with Crippen molar-refractivity contribution in [2.75, 3.05) is 13.7 Å². The van der Waals surface area contributed by atoms with Crippen LogP contribution in [0.1, 0.15) is 18.3 Å². The lowest BCUT2D eigenvalue weighted by molar-refractivity contribution is 0.182. The fourth-order valence-electron chi connectivity index (χ4n) is 1.84. The van der Waals surface area contributed by atoms with Gasteiger partial charge in [0.1, 0.15) is 5.65 Å². The van der Waals surface area contributed by atoms with E-state index in [2.05, 4.69) is 4.98 Å². The molecule has 0 N–H and O–H groups in total. The molecule has 0 aliphatic carbocycles. The minimum Gasteiger partial charge on any atom is -0.487 e. The van der Waals surface area contributed by atoms with Crippen LogP contribution < -0.4 is 0 Å². The van der Waals surface area contributed by atoms with Gasteiger partial charge in [0.2, 0.25) is 0 Å². The highest BCUT2D eigenvalue weighted by Crippen LogP contribution is 2.11. The number of nitrogens with zero attached hydrogens (tertiary/aromatic N) is 2. The zero-order chi connectivity index (χ0) is 13.0. The van der Waals surface area contributed by atoms with Crippen molar-refractivity contribution < 1.29 is 9.47 Å². The predicted octanol–water partition coefficient (Wildman–Crippen LogP) is 2.39. The van der Waals surface area contributed by atoms with Gasteiger partial charge in [-0.15, -0.1) is 0 Å². The number of ether oxygens (including phenoxy) is 2. The molecule has 96 valence electrons. The second-order valence-electron chi connectivity index (χ2n) is 3.89. The Bertz CT molecular complexity index is 551. The summed E-state index contributed by atoms with van der Waals surface area (Å²) in [6.45, 7) is 3.05. The van der Waals surface area contributed by atoms with Crippen LogP contribution in [-0.2, 0) is 22.5 Å². The third-order valence-corrected chi connectivity index (χ3v) is 2.81. The summed E-state index contributed by atoms with van der Waals surface area (Å²) in [5.74, 6) is 0. The van der Waals surface area contributed by atoms with Crippen molar-refractivity contribution in [3.63, 3.8) is 0 Å². The summed E-state index contributed by atoms with van der Waals surface area (Å²) in [6, 6.07) is 5.96. The van der Waals surface area contributed by atoms with E-state index in [4.69, 9.17) is 21.7 Å². The van der Waals surface area contributed by atoms with E-state index >= 15 is 0 Å². The number of fused-ring (bicyclic) bond motifs is 1. The molecule has 0 bridgehead atoms. The number of rotatable bonds is 5. The largest absolute Gasteiger partial charge is 0.487 e. The lowest BCUT2D eigenvalue weighted by Gasteiger charge is -2.07. The van der Waals surface area contributed by atoms with E-state index in [1.54, 1.807) is 7.11 Å². The first-order valence-corrected chi connectivity index (χ1v) is 6.26. The molecule has 0 spiro atoms. The highest BCUT2D eigenvalue weighted by Gasteiger charge is 2.07. The normalized spacial score (nSPS) is 10.8. The van der Waals surface area contributed by atoms with Crippen LogP contribution in [0.5, 0.6) is 0 Å². The van der Waals surface area contributed by atoms with Gasteiger partial charge in [-0.25, -0.2) is 4.98 Å². The molecule has 0 fully saturated rings. The minimum absolute atomic E-state index is 0.511. The Labute approximate surface area is 112 Å². The van der Waals surface area contributed by atoms with Gasteiger partial charge in [0, 0.05) is 19.0 Å². The molecular weight excluding hydrogens is 248 g/mol. The summed E-state index contributed by atoms with van der Waals surface area (Å²) >= 11 is 5.18. The van der Waals surface area contributed by atoms with Gasteiger partial charge >= 0.3 is 0 Å². The number of hydrogen-bond donors (Lipinski definition) is 0. The molecule has 18 heavy (non-hydrogen) atoms. The van der Waals surface area contributed by atoms with Crippen LogP contribution >= 0.6 is 12.2 Å². The van der Waals surface area contributed by atoms with Gasteiger partial charge in [0.15, 0.2) is 5.05 Å². The summed E-state index contributed by atoms with van der Waals surface area (Å²) in [5.41, 5.74) is 2.88. The Morgan fingerprint density at radius 1 is 1.44 bits per heavy atom. The van der Waals surface area contributed by atoms with Gasteiger partial charge in [0.05, 0.1) is 25.3 Å². The average Bonchev–Trinajstić information content (AvgIpc) is 2.73. The molecule has 0 unspecified atom stereocenters. The van der Waals surface area contributed by atoms with E-state index in [-0.39, 0.29) is 0 Å². The van der Waals surface area contributed by atoms with Crippen LogP contribution in [0.25, 0.3) is 5.65 Å². The maximum atomic E-state index is 5.32. The van der Waals surface area contributed by atoms with Gasteiger partial charge in [-0.2, -0.15) is 0 Å². The summed E-state index contributed by atoms with van der Waals surface area (Å²) in [6.07, 6.45) is 2.59. The van der Waals surface area contributed by atoms with Crippen LogP contribution in [-0.4, -0.2) is 28.2 Å². The van der Waals surface area contributed by atoms with Crippen LogP contribution in [0, 0.1) is 0 Å². The molecule has 2 rings (SSSR count). The van der Waals surface area contributed by atoms with Crippen LogP contribution in [0.2, 0.25) is 0 Å². The molecular formula is C13H16N2O2S. The van der Waals surface area contributed by atoms with Crippen molar-refractivity contribution in [1.29, 1.82) is 0 Å². The SMILES string of the molecule is CCOC(=S)Cc1cccc2nc(COC)cn12. The predicted molar refractivity (Wildman–Crippen MR) is 73.8 cm³/mol. The molecule has 0 atom stereocenters. The summed E-state index contributed by atoms with van der Waals surface area (Å²) < 4.78 is 12.4. The Balaban J connectivity index is 2.29. The fourth-order valence-corrected chi connectivity index (χ4v) is 2.11. The minimum atomic E-state index is 0.511. The first-order chi connectivity index (χ1) is 8.74. The standard InChI is InChI=1S/C13H16N2O2S/c1-3-17-13(18)7-11-5-4-6-12-14-10(9-16-2)8-15(11)12/h4-6,8H,3,7,9H2,1-2H3.